The van der Waals surface area contributed by atoms with E-state index in [9.17, 15) is 19.5 Å². The van der Waals surface area contributed by atoms with Crippen molar-refractivity contribution in [2.75, 3.05) is 45.9 Å². The fraction of sp³-hybridized carbons (Fsp3) is 0.833. The first-order valence-corrected chi connectivity index (χ1v) is 9.64. The Balaban J connectivity index is 1.46. The lowest BCUT2D eigenvalue weighted by atomic mass is 9.82. The molecule has 3 amide bonds. The number of hydrogen-bond donors (Lipinski definition) is 2. The zero-order chi connectivity index (χ0) is 18.6. The lowest BCUT2D eigenvalue weighted by molar-refractivity contribution is -0.157. The summed E-state index contributed by atoms with van der Waals surface area (Å²) in [5.74, 6) is -1.18. The van der Waals surface area contributed by atoms with Gasteiger partial charge in [-0.2, -0.15) is 0 Å². The summed E-state index contributed by atoms with van der Waals surface area (Å²) in [6.07, 6.45) is 4.60. The molecule has 0 radical (unpaired) electrons. The molecule has 0 aromatic rings. The number of carboxylic acid groups (broad SMARTS) is 1. The van der Waals surface area contributed by atoms with Crippen molar-refractivity contribution in [1.29, 1.82) is 0 Å². The summed E-state index contributed by atoms with van der Waals surface area (Å²) in [7, 11) is 0. The number of ether oxygens (including phenoxy) is 1. The van der Waals surface area contributed by atoms with Crippen molar-refractivity contribution >= 4 is 17.9 Å². The number of hydrogen-bond acceptors (Lipinski definition) is 4. The minimum Gasteiger partial charge on any atom is -0.481 e. The third kappa shape index (κ3) is 4.11. The van der Waals surface area contributed by atoms with Crippen LogP contribution in [0.25, 0.3) is 0 Å². The Hall–Kier alpha value is -1.83. The molecule has 0 saturated carbocycles. The Morgan fingerprint density at radius 2 is 1.69 bits per heavy atom. The summed E-state index contributed by atoms with van der Waals surface area (Å²) in [6, 6.07) is 0.0885. The van der Waals surface area contributed by atoms with E-state index >= 15 is 0 Å². The monoisotopic (exact) mass is 367 g/mol. The first-order valence-electron chi connectivity index (χ1n) is 9.64. The van der Waals surface area contributed by atoms with Gasteiger partial charge < -0.3 is 25.0 Å². The number of carbonyl (C=O) groups excluding carboxylic acids is 2. The van der Waals surface area contributed by atoms with E-state index < -0.39 is 11.4 Å². The minimum absolute atomic E-state index is 0.0885. The van der Waals surface area contributed by atoms with Gasteiger partial charge in [-0.25, -0.2) is 4.79 Å². The fourth-order valence-electron chi connectivity index (χ4n) is 4.08. The molecule has 1 unspecified atom stereocenters. The molecule has 26 heavy (non-hydrogen) atoms. The summed E-state index contributed by atoms with van der Waals surface area (Å²) in [6.45, 7) is 3.66. The largest absolute Gasteiger partial charge is 0.481 e. The maximum Gasteiger partial charge on any atom is 0.319 e. The van der Waals surface area contributed by atoms with Crippen molar-refractivity contribution in [2.24, 2.45) is 11.3 Å². The molecule has 0 aliphatic carbocycles. The second-order valence-corrected chi connectivity index (χ2v) is 7.70. The lowest BCUT2D eigenvalue weighted by Gasteiger charge is -2.35. The Labute approximate surface area is 153 Å². The van der Waals surface area contributed by atoms with E-state index in [1.165, 1.54) is 0 Å². The van der Waals surface area contributed by atoms with Crippen LogP contribution in [0.15, 0.2) is 0 Å². The van der Waals surface area contributed by atoms with Crippen molar-refractivity contribution in [3.05, 3.63) is 0 Å². The van der Waals surface area contributed by atoms with Crippen LogP contribution in [0, 0.1) is 11.3 Å². The maximum absolute atomic E-state index is 12.5. The zero-order valence-electron chi connectivity index (χ0n) is 15.2. The molecular weight excluding hydrogens is 338 g/mol. The van der Waals surface area contributed by atoms with E-state index in [-0.39, 0.29) is 31.0 Å². The van der Waals surface area contributed by atoms with Crippen LogP contribution in [-0.2, 0) is 14.3 Å². The number of piperidine rings is 1. The average molecular weight is 367 g/mol. The van der Waals surface area contributed by atoms with Gasteiger partial charge in [-0.1, -0.05) is 0 Å². The van der Waals surface area contributed by atoms with Crippen molar-refractivity contribution in [2.45, 2.75) is 38.5 Å². The average Bonchev–Trinajstić information content (AvgIpc) is 3.21. The van der Waals surface area contributed by atoms with Gasteiger partial charge in [0.05, 0.1) is 6.61 Å². The Morgan fingerprint density at radius 3 is 2.27 bits per heavy atom. The van der Waals surface area contributed by atoms with Crippen LogP contribution < -0.4 is 5.32 Å². The molecule has 3 aliphatic heterocycles. The van der Waals surface area contributed by atoms with E-state index in [2.05, 4.69) is 5.32 Å². The first-order chi connectivity index (χ1) is 12.5. The number of carboxylic acids is 1. The van der Waals surface area contributed by atoms with E-state index in [0.717, 1.165) is 25.9 Å². The quantitative estimate of drug-likeness (QED) is 0.769. The van der Waals surface area contributed by atoms with Crippen LogP contribution in [0.4, 0.5) is 4.79 Å². The van der Waals surface area contributed by atoms with E-state index in [4.69, 9.17) is 4.74 Å². The molecule has 3 rings (SSSR count). The molecule has 3 heterocycles. The second-order valence-electron chi connectivity index (χ2n) is 7.70. The molecule has 0 aromatic carbocycles. The fourth-order valence-corrected chi connectivity index (χ4v) is 4.08. The van der Waals surface area contributed by atoms with E-state index in [0.29, 0.717) is 45.4 Å². The van der Waals surface area contributed by atoms with Crippen LogP contribution in [0.2, 0.25) is 0 Å². The number of urea groups is 1. The topological polar surface area (TPSA) is 99.2 Å². The van der Waals surface area contributed by atoms with Crippen molar-refractivity contribution in [1.82, 2.24) is 15.1 Å². The molecule has 146 valence electrons. The molecule has 0 bridgehead atoms. The molecular formula is C18H29N3O5. The van der Waals surface area contributed by atoms with Crippen LogP contribution in [0.5, 0.6) is 0 Å². The molecule has 2 N–H and O–H groups in total. The number of nitrogens with one attached hydrogen (secondary N) is 1. The third-order valence-corrected chi connectivity index (χ3v) is 5.89. The van der Waals surface area contributed by atoms with Crippen LogP contribution in [0.3, 0.4) is 0 Å². The highest BCUT2D eigenvalue weighted by Gasteiger charge is 2.41. The Kier molecular flexibility index (Phi) is 6.01. The predicted octanol–water partition coefficient (Wildman–Crippen LogP) is 0.912. The number of rotatable bonds is 4. The zero-order valence-corrected chi connectivity index (χ0v) is 15.2. The highest BCUT2D eigenvalue weighted by molar-refractivity contribution is 5.81. The van der Waals surface area contributed by atoms with Gasteiger partial charge in [0, 0.05) is 45.2 Å². The molecule has 3 fully saturated rings. The van der Waals surface area contributed by atoms with Crippen LogP contribution >= 0.6 is 0 Å². The first kappa shape index (κ1) is 18.9. The molecule has 0 aromatic heterocycles. The summed E-state index contributed by atoms with van der Waals surface area (Å²) >= 11 is 0. The summed E-state index contributed by atoms with van der Waals surface area (Å²) in [5, 5.41) is 12.4. The van der Waals surface area contributed by atoms with E-state index in [1.807, 2.05) is 9.80 Å². The van der Waals surface area contributed by atoms with Gasteiger partial charge in [-0.15, -0.1) is 0 Å². The van der Waals surface area contributed by atoms with Gasteiger partial charge in [0.2, 0.25) is 5.91 Å². The highest BCUT2D eigenvalue weighted by atomic mass is 16.5. The van der Waals surface area contributed by atoms with E-state index in [1.54, 1.807) is 0 Å². The van der Waals surface area contributed by atoms with Gasteiger partial charge in [0.15, 0.2) is 0 Å². The summed E-state index contributed by atoms with van der Waals surface area (Å²) in [4.78, 5) is 40.2. The van der Waals surface area contributed by atoms with Gasteiger partial charge in [-0.3, -0.25) is 9.59 Å². The number of aliphatic carboxylic acids is 1. The van der Waals surface area contributed by atoms with Crippen molar-refractivity contribution < 1.29 is 24.2 Å². The number of amides is 3. The van der Waals surface area contributed by atoms with Gasteiger partial charge in [-0.05, 0) is 38.5 Å². The molecule has 0 spiro atoms. The molecule has 3 aliphatic rings. The standard InChI is InChI=1S/C18H29N3O5/c22-15(19-12-18(16(23)24)6-3-11-26-13-18)14-4-9-21(10-5-14)17(25)20-7-1-2-8-20/h14H,1-13H2,(H,19,22)(H,23,24). The van der Waals surface area contributed by atoms with Crippen molar-refractivity contribution in [3.8, 4) is 0 Å². The highest BCUT2D eigenvalue weighted by Crippen LogP contribution is 2.29. The normalized spacial score (nSPS) is 27.4. The molecule has 8 nitrogen and oxygen atoms in total. The molecule has 8 heteroatoms. The summed E-state index contributed by atoms with van der Waals surface area (Å²) < 4.78 is 5.33. The third-order valence-electron chi connectivity index (χ3n) is 5.89. The number of nitrogens with zero attached hydrogens (tertiary/aromatic N) is 2. The lowest BCUT2D eigenvalue weighted by Crippen LogP contribution is -2.51. The Bertz CT molecular complexity index is 533. The molecule has 1 atom stereocenters. The summed E-state index contributed by atoms with van der Waals surface area (Å²) in [5.41, 5.74) is -1.01. The maximum atomic E-state index is 12.5. The van der Waals surface area contributed by atoms with Crippen molar-refractivity contribution in [3.63, 3.8) is 0 Å². The molecule has 3 saturated heterocycles. The van der Waals surface area contributed by atoms with Gasteiger partial charge in [0.25, 0.3) is 0 Å². The predicted molar refractivity (Wildman–Crippen MR) is 93.6 cm³/mol. The SMILES string of the molecule is O=C(NCC1(C(=O)O)CCCOC1)C1CCN(C(=O)N2CCCC2)CC1. The van der Waals surface area contributed by atoms with Gasteiger partial charge in [0.1, 0.15) is 5.41 Å². The number of carbonyl (C=O) groups is 3. The van der Waals surface area contributed by atoms with Crippen LogP contribution in [-0.4, -0.2) is 78.8 Å². The smallest absolute Gasteiger partial charge is 0.319 e. The second kappa shape index (κ2) is 8.24. The Morgan fingerprint density at radius 1 is 1.04 bits per heavy atom. The van der Waals surface area contributed by atoms with Crippen LogP contribution in [0.1, 0.15) is 38.5 Å². The van der Waals surface area contributed by atoms with Gasteiger partial charge >= 0.3 is 12.0 Å². The number of likely N-dealkylation sites (tertiary alicyclic amines) is 2. The minimum atomic E-state index is -1.01.